The first-order valence-corrected chi connectivity index (χ1v) is 9.15. The highest BCUT2D eigenvalue weighted by molar-refractivity contribution is 7.15. The summed E-state index contributed by atoms with van der Waals surface area (Å²) >= 11 is 7.24. The van der Waals surface area contributed by atoms with E-state index in [1.165, 1.54) is 22.8 Å². The molecule has 0 fully saturated rings. The Morgan fingerprint density at radius 3 is 2.78 bits per heavy atom. The summed E-state index contributed by atoms with van der Waals surface area (Å²) in [4.78, 5) is 28.6. The summed E-state index contributed by atoms with van der Waals surface area (Å²) in [6.07, 6.45) is 1.72. The summed E-state index contributed by atoms with van der Waals surface area (Å²) in [6.45, 7) is 1.34. The maximum atomic E-state index is 12.6. The van der Waals surface area contributed by atoms with Gasteiger partial charge in [-0.25, -0.2) is 0 Å². The van der Waals surface area contributed by atoms with Crippen LogP contribution in [0.2, 0.25) is 5.02 Å². The van der Waals surface area contributed by atoms with Gasteiger partial charge in [0.1, 0.15) is 5.75 Å². The van der Waals surface area contributed by atoms with Gasteiger partial charge in [-0.2, -0.15) is 9.50 Å². The number of thiazole rings is 1. The number of benzene rings is 2. The highest BCUT2D eigenvalue weighted by atomic mass is 35.5. The zero-order chi connectivity index (χ0) is 19.0. The average Bonchev–Trinajstić information content (AvgIpc) is 3.15. The van der Waals surface area contributed by atoms with Gasteiger partial charge in [-0.1, -0.05) is 47.2 Å². The second-order valence-electron chi connectivity index (χ2n) is 5.72. The third-order valence-electron chi connectivity index (χ3n) is 3.68. The number of hydrogen-bond acceptors (Lipinski definition) is 6. The van der Waals surface area contributed by atoms with Crippen molar-refractivity contribution in [3.8, 4) is 17.1 Å². The molecule has 0 bridgehead atoms. The Balaban J connectivity index is 1.75. The molecule has 8 heteroatoms. The molecule has 0 radical (unpaired) electrons. The first-order chi connectivity index (χ1) is 13.0. The molecular formula is C19H12ClN3O3S. The molecule has 0 atom stereocenters. The van der Waals surface area contributed by atoms with Crippen LogP contribution in [0.4, 0.5) is 0 Å². The first kappa shape index (κ1) is 17.4. The van der Waals surface area contributed by atoms with E-state index in [0.717, 1.165) is 11.1 Å². The second-order valence-corrected chi connectivity index (χ2v) is 7.17. The van der Waals surface area contributed by atoms with E-state index >= 15 is 0 Å². The van der Waals surface area contributed by atoms with E-state index in [1.807, 2.05) is 12.1 Å². The summed E-state index contributed by atoms with van der Waals surface area (Å²) < 4.78 is 6.84. The monoisotopic (exact) mass is 397 g/mol. The highest BCUT2D eigenvalue weighted by Gasteiger charge is 2.12. The van der Waals surface area contributed by atoms with Gasteiger partial charge in [-0.15, -0.1) is 5.10 Å². The van der Waals surface area contributed by atoms with Gasteiger partial charge in [0.15, 0.2) is 5.82 Å². The average molecular weight is 398 g/mol. The molecule has 2 aromatic heterocycles. The fourth-order valence-corrected chi connectivity index (χ4v) is 3.67. The molecular weight excluding hydrogens is 386 g/mol. The first-order valence-electron chi connectivity index (χ1n) is 7.95. The van der Waals surface area contributed by atoms with Crippen LogP contribution >= 0.6 is 22.9 Å². The molecule has 27 heavy (non-hydrogen) atoms. The Bertz CT molecular complexity index is 1280. The Kier molecular flexibility index (Phi) is 4.47. The van der Waals surface area contributed by atoms with Crippen LogP contribution in [0.3, 0.4) is 0 Å². The molecule has 6 nitrogen and oxygen atoms in total. The van der Waals surface area contributed by atoms with Crippen molar-refractivity contribution in [3.63, 3.8) is 0 Å². The third kappa shape index (κ3) is 3.60. The minimum atomic E-state index is -0.399. The number of carbonyl (C=O) groups is 1. The number of ether oxygens (including phenoxy) is 1. The third-order valence-corrected chi connectivity index (χ3v) is 4.88. The second kappa shape index (κ2) is 6.94. The van der Waals surface area contributed by atoms with Crippen molar-refractivity contribution in [1.82, 2.24) is 14.6 Å². The molecule has 0 saturated heterocycles. The van der Waals surface area contributed by atoms with Crippen molar-refractivity contribution >= 4 is 39.9 Å². The van der Waals surface area contributed by atoms with E-state index in [4.69, 9.17) is 16.3 Å². The zero-order valence-corrected chi connectivity index (χ0v) is 15.6. The molecule has 0 aliphatic rings. The molecule has 0 amide bonds. The van der Waals surface area contributed by atoms with Gasteiger partial charge in [0.25, 0.3) is 5.56 Å². The van der Waals surface area contributed by atoms with Crippen LogP contribution in [-0.2, 0) is 4.79 Å². The van der Waals surface area contributed by atoms with Crippen molar-refractivity contribution in [2.75, 3.05) is 0 Å². The van der Waals surface area contributed by atoms with Crippen LogP contribution in [-0.4, -0.2) is 20.6 Å². The van der Waals surface area contributed by atoms with Crippen molar-refractivity contribution in [1.29, 1.82) is 0 Å². The van der Waals surface area contributed by atoms with Gasteiger partial charge in [0.2, 0.25) is 4.96 Å². The van der Waals surface area contributed by atoms with Gasteiger partial charge in [-0.3, -0.25) is 9.59 Å². The van der Waals surface area contributed by atoms with Gasteiger partial charge in [0.05, 0.1) is 4.53 Å². The molecule has 0 aliphatic carbocycles. The van der Waals surface area contributed by atoms with E-state index in [0.29, 0.717) is 26.1 Å². The van der Waals surface area contributed by atoms with Gasteiger partial charge >= 0.3 is 5.97 Å². The zero-order valence-electron chi connectivity index (χ0n) is 14.0. The summed E-state index contributed by atoms with van der Waals surface area (Å²) in [5.74, 6) is 0.472. The minimum Gasteiger partial charge on any atom is -0.427 e. The largest absolute Gasteiger partial charge is 0.427 e. The number of nitrogens with zero attached hydrogens (tertiary/aromatic N) is 3. The lowest BCUT2D eigenvalue weighted by molar-refractivity contribution is -0.131. The number of esters is 1. The predicted octanol–water partition coefficient (Wildman–Crippen LogP) is 2.94. The molecule has 0 spiro atoms. The Morgan fingerprint density at radius 2 is 2.04 bits per heavy atom. The van der Waals surface area contributed by atoms with Crippen LogP contribution in [0.25, 0.3) is 22.4 Å². The van der Waals surface area contributed by atoms with E-state index in [9.17, 15) is 9.59 Å². The molecule has 134 valence electrons. The molecule has 4 aromatic rings. The molecule has 0 N–H and O–H groups in total. The molecule has 0 aliphatic heterocycles. The van der Waals surface area contributed by atoms with Gasteiger partial charge < -0.3 is 4.74 Å². The van der Waals surface area contributed by atoms with E-state index in [2.05, 4.69) is 10.1 Å². The lowest BCUT2D eigenvalue weighted by Gasteiger charge is -2.01. The van der Waals surface area contributed by atoms with Crippen LogP contribution in [0, 0.1) is 0 Å². The molecule has 2 heterocycles. The van der Waals surface area contributed by atoms with Crippen LogP contribution in [0.15, 0.2) is 53.3 Å². The lowest BCUT2D eigenvalue weighted by Crippen LogP contribution is -2.23. The van der Waals surface area contributed by atoms with Crippen molar-refractivity contribution in [2.24, 2.45) is 0 Å². The normalized spacial score (nSPS) is 11.9. The Morgan fingerprint density at radius 1 is 1.22 bits per heavy atom. The van der Waals surface area contributed by atoms with Crippen molar-refractivity contribution in [2.45, 2.75) is 6.92 Å². The fraction of sp³-hybridized carbons (Fsp3) is 0.0526. The number of fused-ring (bicyclic) bond motifs is 1. The SMILES string of the molecule is CC(=O)Oc1cccc(C=c2sc3nc(-c4cccc(Cl)c4)nn3c2=O)c1. The smallest absolute Gasteiger partial charge is 0.308 e. The Hall–Kier alpha value is -3.03. The summed E-state index contributed by atoms with van der Waals surface area (Å²) in [7, 11) is 0. The number of rotatable bonds is 3. The summed E-state index contributed by atoms with van der Waals surface area (Å²) in [6, 6.07) is 14.1. The van der Waals surface area contributed by atoms with E-state index in [1.54, 1.807) is 42.5 Å². The number of carbonyl (C=O) groups excluding carboxylic acids is 1. The maximum absolute atomic E-state index is 12.6. The molecule has 2 aromatic carbocycles. The maximum Gasteiger partial charge on any atom is 0.308 e. The minimum absolute atomic E-state index is 0.256. The molecule has 0 unspecified atom stereocenters. The fourth-order valence-electron chi connectivity index (χ4n) is 2.57. The van der Waals surface area contributed by atoms with Gasteiger partial charge in [-0.05, 0) is 35.9 Å². The van der Waals surface area contributed by atoms with Crippen molar-refractivity contribution < 1.29 is 9.53 Å². The number of halogens is 1. The topological polar surface area (TPSA) is 73.6 Å². The summed E-state index contributed by atoms with van der Waals surface area (Å²) in [5.41, 5.74) is 1.23. The lowest BCUT2D eigenvalue weighted by atomic mass is 10.2. The highest BCUT2D eigenvalue weighted by Crippen LogP contribution is 2.20. The van der Waals surface area contributed by atoms with Gasteiger partial charge in [0, 0.05) is 17.5 Å². The standard InChI is InChI=1S/C19H12ClN3O3S/c1-11(24)26-15-7-2-4-12(8-15)9-16-18(25)23-19(27-16)21-17(22-23)13-5-3-6-14(20)10-13/h2-10H,1H3. The van der Waals surface area contributed by atoms with Crippen LogP contribution in [0.1, 0.15) is 12.5 Å². The quantitative estimate of drug-likeness (QED) is 0.392. The Labute approximate surface area is 162 Å². The van der Waals surface area contributed by atoms with Crippen molar-refractivity contribution in [3.05, 3.63) is 74.0 Å². The number of hydrogen-bond donors (Lipinski definition) is 0. The molecule has 0 saturated carbocycles. The summed E-state index contributed by atoms with van der Waals surface area (Å²) in [5, 5.41) is 4.88. The van der Waals surface area contributed by atoms with E-state index < -0.39 is 5.97 Å². The predicted molar refractivity (Wildman–Crippen MR) is 104 cm³/mol. The molecule has 4 rings (SSSR count). The number of aromatic nitrogens is 3. The van der Waals surface area contributed by atoms with Crippen LogP contribution < -0.4 is 14.8 Å². The van der Waals surface area contributed by atoms with Crippen LogP contribution in [0.5, 0.6) is 5.75 Å². The van der Waals surface area contributed by atoms with E-state index in [-0.39, 0.29) is 5.56 Å².